The molecule has 1 heterocycles. The zero-order chi connectivity index (χ0) is 34.4. The molecule has 0 fully saturated rings. The van der Waals surface area contributed by atoms with Crippen LogP contribution in [0.25, 0.3) is 11.1 Å². The highest BCUT2D eigenvalue weighted by Gasteiger charge is 2.30. The fourth-order valence-electron chi connectivity index (χ4n) is 6.12. The fourth-order valence-corrected chi connectivity index (χ4v) is 6.36. The molecule has 0 saturated heterocycles. The number of anilines is 1. The van der Waals surface area contributed by atoms with Crippen molar-refractivity contribution in [3.63, 3.8) is 0 Å². The Kier molecular flexibility index (Phi) is 10.5. The number of hydrogen-bond donors (Lipinski definition) is 1. The molecule has 1 aromatic heterocycles. The van der Waals surface area contributed by atoms with Gasteiger partial charge in [0.2, 0.25) is 0 Å². The maximum Gasteiger partial charge on any atom is 0.416 e. The molecule has 0 aliphatic heterocycles. The third-order valence-corrected chi connectivity index (χ3v) is 9.32. The molecular weight excluding hydrogens is 649 g/mol. The Morgan fingerprint density at radius 1 is 0.816 bits per heavy atom. The summed E-state index contributed by atoms with van der Waals surface area (Å²) in [6, 6.07) is 29.7. The highest BCUT2D eigenvalue weighted by atomic mass is 35.5. The molecule has 6 rings (SSSR count). The Morgan fingerprint density at radius 2 is 1.53 bits per heavy atom. The molecule has 1 aliphatic carbocycles. The molecule has 1 N–H and O–H groups in total. The Morgan fingerprint density at radius 3 is 2.27 bits per heavy atom. The van der Waals surface area contributed by atoms with Gasteiger partial charge in [0, 0.05) is 29.4 Å². The van der Waals surface area contributed by atoms with Gasteiger partial charge in [-0.2, -0.15) is 13.2 Å². The van der Waals surface area contributed by atoms with E-state index in [2.05, 4.69) is 17.0 Å². The summed E-state index contributed by atoms with van der Waals surface area (Å²) in [5.74, 6) is 0.735. The highest BCUT2D eigenvalue weighted by Crippen LogP contribution is 2.33. The number of pyridine rings is 1. The van der Waals surface area contributed by atoms with Crippen LogP contribution in [0.1, 0.15) is 56.7 Å². The number of carbonyl (C=O) groups is 1. The number of fused-ring (bicyclic) bond motifs is 1. The van der Waals surface area contributed by atoms with Crippen molar-refractivity contribution in [2.45, 2.75) is 51.3 Å². The molecule has 1 aliphatic rings. The minimum atomic E-state index is -4.39. The second-order valence-corrected chi connectivity index (χ2v) is 12.7. The van der Waals surface area contributed by atoms with Crippen molar-refractivity contribution < 1.29 is 27.8 Å². The van der Waals surface area contributed by atoms with Gasteiger partial charge < -0.3 is 14.7 Å². The van der Waals surface area contributed by atoms with Crippen LogP contribution in [0.3, 0.4) is 0 Å². The van der Waals surface area contributed by atoms with E-state index in [0.29, 0.717) is 30.1 Å². The van der Waals surface area contributed by atoms with E-state index in [1.54, 1.807) is 18.2 Å². The van der Waals surface area contributed by atoms with Crippen LogP contribution in [-0.4, -0.2) is 29.1 Å². The van der Waals surface area contributed by atoms with Crippen molar-refractivity contribution in [1.82, 2.24) is 4.98 Å². The number of alkyl halides is 3. The van der Waals surface area contributed by atoms with Crippen LogP contribution in [-0.2, 0) is 38.5 Å². The molecule has 0 unspecified atom stereocenters. The number of benzene rings is 4. The molecule has 0 atom stereocenters. The number of carboxylic acid groups (broad SMARTS) is 1. The number of hydrogen-bond acceptors (Lipinski definition) is 4. The average Bonchev–Trinajstić information content (AvgIpc) is 3.11. The van der Waals surface area contributed by atoms with Gasteiger partial charge in [-0.15, -0.1) is 0 Å². The number of halogens is 4. The van der Waals surface area contributed by atoms with E-state index in [0.717, 1.165) is 71.6 Å². The molecular formula is C40H36ClF3N2O3. The molecule has 0 radical (unpaired) electrons. The molecule has 0 spiro atoms. The van der Waals surface area contributed by atoms with Gasteiger partial charge in [-0.25, -0.2) is 9.78 Å². The quantitative estimate of drug-likeness (QED) is 0.142. The van der Waals surface area contributed by atoms with Gasteiger partial charge >= 0.3 is 12.1 Å². The third kappa shape index (κ3) is 8.62. The predicted octanol–water partition coefficient (Wildman–Crippen LogP) is 9.87. The van der Waals surface area contributed by atoms with Crippen LogP contribution < -0.4 is 9.64 Å². The van der Waals surface area contributed by atoms with Crippen LogP contribution in [0.4, 0.5) is 19.0 Å². The normalized spacial score (nSPS) is 12.7. The second kappa shape index (κ2) is 15.2. The topological polar surface area (TPSA) is 62.7 Å². The Hall–Kier alpha value is -4.82. The van der Waals surface area contributed by atoms with Crippen molar-refractivity contribution in [2.24, 2.45) is 0 Å². The number of aromatic carboxylic acids is 1. The lowest BCUT2D eigenvalue weighted by Gasteiger charge is -2.26. The van der Waals surface area contributed by atoms with Crippen LogP contribution >= 0.6 is 11.6 Å². The van der Waals surface area contributed by atoms with Gasteiger partial charge in [0.05, 0.1) is 11.1 Å². The molecule has 9 heteroatoms. The fraction of sp³-hybridized carbons (Fsp3) is 0.250. The lowest BCUT2D eigenvalue weighted by Crippen LogP contribution is -2.29. The molecule has 5 aromatic rings. The van der Waals surface area contributed by atoms with E-state index in [-0.39, 0.29) is 12.2 Å². The number of carboxylic acids is 1. The third-order valence-electron chi connectivity index (χ3n) is 8.96. The van der Waals surface area contributed by atoms with Crippen LogP contribution in [0.2, 0.25) is 5.02 Å². The van der Waals surface area contributed by atoms with Crippen molar-refractivity contribution in [3.8, 4) is 16.9 Å². The first-order chi connectivity index (χ1) is 23.6. The number of aryl methyl sites for hydroxylation is 2. The second-order valence-electron chi connectivity index (χ2n) is 12.2. The number of para-hydroxylation sites is 1. The molecule has 0 bridgehead atoms. The lowest BCUT2D eigenvalue weighted by atomic mass is 9.96. The Balaban J connectivity index is 1.14. The SMILES string of the molecule is O=C(O)c1ccc(CCN(CCc2ccccc2OCc2ccc(-c3ccc(C(F)(F)F)cc3)cc2Cl)c2ccc3c(n2)CCCC3)cc1. The monoisotopic (exact) mass is 684 g/mol. The van der Waals surface area contributed by atoms with E-state index in [1.807, 2.05) is 48.5 Å². The predicted molar refractivity (Wildman–Crippen MR) is 187 cm³/mol. The van der Waals surface area contributed by atoms with E-state index in [9.17, 15) is 23.1 Å². The molecule has 49 heavy (non-hydrogen) atoms. The van der Waals surface area contributed by atoms with Crippen LogP contribution in [0.15, 0.2) is 103 Å². The largest absolute Gasteiger partial charge is 0.489 e. The maximum absolute atomic E-state index is 13.0. The standard InChI is InChI=1S/C40H36ClF3N2O3/c41-35-25-32(28-15-18-34(19-16-28)40(42,43)44)13-14-33(35)26-49-37-8-4-2-6-30(37)22-24-46(23-21-27-9-11-31(12-10-27)39(47)48)38-20-17-29-5-1-3-7-36(29)45-38/h2,4,6,8-20,25H,1,3,5,7,21-24,26H2,(H,47,48). The first-order valence-corrected chi connectivity index (χ1v) is 16.7. The molecule has 252 valence electrons. The maximum atomic E-state index is 13.0. The van der Waals surface area contributed by atoms with Crippen LogP contribution in [0.5, 0.6) is 5.75 Å². The number of rotatable bonds is 12. The van der Waals surface area contributed by atoms with Crippen molar-refractivity contribution in [1.29, 1.82) is 0 Å². The summed E-state index contributed by atoms with van der Waals surface area (Å²) >= 11 is 6.62. The zero-order valence-corrected chi connectivity index (χ0v) is 27.6. The molecule has 5 nitrogen and oxygen atoms in total. The molecule has 4 aromatic carbocycles. The van der Waals surface area contributed by atoms with Crippen molar-refractivity contribution in [3.05, 3.63) is 147 Å². The number of nitrogens with zero attached hydrogens (tertiary/aromatic N) is 2. The highest BCUT2D eigenvalue weighted by molar-refractivity contribution is 6.31. The molecule has 0 saturated carbocycles. The van der Waals surface area contributed by atoms with Gasteiger partial charge in [-0.3, -0.25) is 0 Å². The van der Waals surface area contributed by atoms with Gasteiger partial charge in [0.15, 0.2) is 0 Å². The van der Waals surface area contributed by atoms with E-state index in [4.69, 9.17) is 21.3 Å². The minimum absolute atomic E-state index is 0.228. The van der Waals surface area contributed by atoms with Crippen LogP contribution in [0, 0.1) is 0 Å². The summed E-state index contributed by atoms with van der Waals surface area (Å²) in [6.45, 7) is 1.63. The van der Waals surface area contributed by atoms with E-state index in [1.165, 1.54) is 29.8 Å². The first kappa shape index (κ1) is 34.1. The van der Waals surface area contributed by atoms with Gasteiger partial charge in [0.1, 0.15) is 18.2 Å². The summed E-state index contributed by atoms with van der Waals surface area (Å²) in [5.41, 5.74) is 6.28. The summed E-state index contributed by atoms with van der Waals surface area (Å²) in [4.78, 5) is 18.7. The zero-order valence-electron chi connectivity index (χ0n) is 26.8. The summed E-state index contributed by atoms with van der Waals surface area (Å²) in [6.07, 6.45) is 1.43. The number of ether oxygens (including phenoxy) is 1. The van der Waals surface area contributed by atoms with Crippen molar-refractivity contribution >= 4 is 23.4 Å². The van der Waals surface area contributed by atoms with Gasteiger partial charge in [0.25, 0.3) is 0 Å². The summed E-state index contributed by atoms with van der Waals surface area (Å²) in [5, 5.41) is 9.74. The Bertz CT molecular complexity index is 1910. The van der Waals surface area contributed by atoms with E-state index < -0.39 is 17.7 Å². The summed E-state index contributed by atoms with van der Waals surface area (Å²) in [7, 11) is 0. The minimum Gasteiger partial charge on any atom is -0.489 e. The Labute approximate surface area is 289 Å². The summed E-state index contributed by atoms with van der Waals surface area (Å²) < 4.78 is 45.2. The molecule has 0 amide bonds. The van der Waals surface area contributed by atoms with Gasteiger partial charge in [-0.05, 0) is 109 Å². The average molecular weight is 685 g/mol. The number of aromatic nitrogens is 1. The smallest absolute Gasteiger partial charge is 0.416 e. The van der Waals surface area contributed by atoms with Crippen molar-refractivity contribution in [2.75, 3.05) is 18.0 Å². The van der Waals surface area contributed by atoms with E-state index >= 15 is 0 Å². The lowest BCUT2D eigenvalue weighted by molar-refractivity contribution is -0.137. The van der Waals surface area contributed by atoms with Gasteiger partial charge in [-0.1, -0.05) is 72.3 Å². The first-order valence-electron chi connectivity index (χ1n) is 16.4.